The normalized spacial score (nSPS) is 19.1. The van der Waals surface area contributed by atoms with Gasteiger partial charge in [-0.1, -0.05) is 39.5 Å². The molecular formula is C14H29NO2. The zero-order valence-electron chi connectivity index (χ0n) is 11.5. The molecule has 2 N–H and O–H groups in total. The molecule has 0 aromatic heterocycles. The number of aliphatic hydroxyl groups excluding tert-OH is 1. The molecule has 1 unspecified atom stereocenters. The van der Waals surface area contributed by atoms with E-state index in [4.69, 9.17) is 4.74 Å². The van der Waals surface area contributed by atoms with Crippen LogP contribution in [0, 0.1) is 5.92 Å². The minimum Gasteiger partial charge on any atom is -0.391 e. The molecule has 3 heteroatoms. The fourth-order valence-electron chi connectivity index (χ4n) is 2.48. The predicted octanol–water partition coefficient (Wildman–Crippen LogP) is 2.33. The maximum Gasteiger partial charge on any atom is 0.0776 e. The minimum atomic E-state index is -0.254. The highest BCUT2D eigenvalue weighted by Gasteiger charge is 2.18. The van der Waals surface area contributed by atoms with Crippen LogP contribution in [0.1, 0.15) is 52.4 Å². The Hall–Kier alpha value is -0.120. The number of ether oxygens (including phenoxy) is 1. The molecule has 1 rings (SSSR count). The van der Waals surface area contributed by atoms with E-state index in [0.717, 1.165) is 31.9 Å². The molecule has 0 radical (unpaired) electrons. The van der Waals surface area contributed by atoms with Crippen LogP contribution in [-0.4, -0.2) is 37.0 Å². The van der Waals surface area contributed by atoms with Crippen LogP contribution in [0.3, 0.4) is 0 Å². The summed E-state index contributed by atoms with van der Waals surface area (Å²) in [5, 5.41) is 13.2. The first-order chi connectivity index (χ1) is 8.18. The molecule has 1 aliphatic rings. The summed E-state index contributed by atoms with van der Waals surface area (Å²) in [5.74, 6) is 0.746. The van der Waals surface area contributed by atoms with Crippen LogP contribution in [0.2, 0.25) is 0 Å². The lowest BCUT2D eigenvalue weighted by Gasteiger charge is -2.15. The van der Waals surface area contributed by atoms with Gasteiger partial charge in [-0.25, -0.2) is 0 Å². The Bertz CT molecular complexity index is 179. The van der Waals surface area contributed by atoms with Crippen LogP contribution < -0.4 is 5.32 Å². The van der Waals surface area contributed by atoms with Crippen LogP contribution in [0.15, 0.2) is 0 Å². The third-order valence-electron chi connectivity index (χ3n) is 3.41. The molecule has 1 fully saturated rings. The number of hydrogen-bond donors (Lipinski definition) is 2. The lowest BCUT2D eigenvalue weighted by atomic mass is 10.0. The fraction of sp³-hybridized carbons (Fsp3) is 1.00. The molecule has 3 nitrogen and oxygen atoms in total. The van der Waals surface area contributed by atoms with E-state index in [2.05, 4.69) is 19.2 Å². The molecule has 0 amide bonds. The van der Waals surface area contributed by atoms with Crippen molar-refractivity contribution in [3.8, 4) is 0 Å². The third-order valence-corrected chi connectivity index (χ3v) is 3.41. The van der Waals surface area contributed by atoms with Gasteiger partial charge in [0.05, 0.1) is 12.7 Å². The van der Waals surface area contributed by atoms with Gasteiger partial charge in [0.25, 0.3) is 0 Å². The van der Waals surface area contributed by atoms with Gasteiger partial charge in [-0.2, -0.15) is 0 Å². The molecule has 17 heavy (non-hydrogen) atoms. The summed E-state index contributed by atoms with van der Waals surface area (Å²) in [5.41, 5.74) is 0. The summed E-state index contributed by atoms with van der Waals surface area (Å²) in [4.78, 5) is 0. The molecule has 0 bridgehead atoms. The van der Waals surface area contributed by atoms with Gasteiger partial charge in [0, 0.05) is 12.6 Å². The smallest absolute Gasteiger partial charge is 0.0776 e. The minimum absolute atomic E-state index is 0.254. The largest absolute Gasteiger partial charge is 0.391 e. The summed E-state index contributed by atoms with van der Waals surface area (Å²) < 4.78 is 5.50. The highest BCUT2D eigenvalue weighted by Crippen LogP contribution is 2.28. The summed E-state index contributed by atoms with van der Waals surface area (Å²) in [7, 11) is 0. The molecule has 0 aromatic rings. The molecule has 102 valence electrons. The van der Waals surface area contributed by atoms with Crippen molar-refractivity contribution in [2.75, 3.05) is 19.8 Å². The van der Waals surface area contributed by atoms with Crippen LogP contribution in [0.5, 0.6) is 0 Å². The fourth-order valence-corrected chi connectivity index (χ4v) is 2.48. The Kier molecular flexibility index (Phi) is 7.82. The molecule has 0 aromatic carbocycles. The van der Waals surface area contributed by atoms with Crippen molar-refractivity contribution in [3.05, 3.63) is 0 Å². The SMILES string of the molecule is CC(C)NCCCOCC(O)CC1CCCC1. The van der Waals surface area contributed by atoms with Gasteiger partial charge >= 0.3 is 0 Å². The van der Waals surface area contributed by atoms with E-state index < -0.39 is 0 Å². The Morgan fingerprint density at radius 2 is 2.00 bits per heavy atom. The van der Waals surface area contributed by atoms with Gasteiger partial charge in [0.1, 0.15) is 0 Å². The molecule has 1 saturated carbocycles. The lowest BCUT2D eigenvalue weighted by Crippen LogP contribution is -2.25. The first kappa shape index (κ1) is 14.9. The number of hydrogen-bond acceptors (Lipinski definition) is 3. The van der Waals surface area contributed by atoms with Gasteiger partial charge in [-0.05, 0) is 25.3 Å². The first-order valence-electron chi connectivity index (χ1n) is 7.17. The zero-order chi connectivity index (χ0) is 12.5. The van der Waals surface area contributed by atoms with E-state index in [1.165, 1.54) is 25.7 Å². The van der Waals surface area contributed by atoms with Gasteiger partial charge in [-0.15, -0.1) is 0 Å². The summed E-state index contributed by atoms with van der Waals surface area (Å²) in [6.07, 6.45) is 7.00. The number of aliphatic hydroxyl groups is 1. The molecule has 1 atom stereocenters. The molecule has 0 aliphatic heterocycles. The second kappa shape index (κ2) is 8.90. The standard InChI is InChI=1S/C14H29NO2/c1-12(2)15-8-5-9-17-11-14(16)10-13-6-3-4-7-13/h12-16H,3-11H2,1-2H3. The quantitative estimate of drug-likeness (QED) is 0.611. The predicted molar refractivity (Wildman–Crippen MR) is 71.2 cm³/mol. The van der Waals surface area contributed by atoms with Gasteiger partial charge in [-0.3, -0.25) is 0 Å². The monoisotopic (exact) mass is 243 g/mol. The summed E-state index contributed by atoms with van der Waals surface area (Å²) in [6, 6.07) is 0.544. The van der Waals surface area contributed by atoms with E-state index in [-0.39, 0.29) is 6.10 Å². The molecule has 0 heterocycles. The van der Waals surface area contributed by atoms with E-state index in [0.29, 0.717) is 12.6 Å². The molecule has 0 saturated heterocycles. The summed E-state index contributed by atoms with van der Waals surface area (Å²) in [6.45, 7) is 6.55. The number of rotatable bonds is 9. The maximum absolute atomic E-state index is 9.81. The van der Waals surface area contributed by atoms with Crippen molar-refractivity contribution in [3.63, 3.8) is 0 Å². The van der Waals surface area contributed by atoms with Crippen molar-refractivity contribution < 1.29 is 9.84 Å². The summed E-state index contributed by atoms with van der Waals surface area (Å²) >= 11 is 0. The van der Waals surface area contributed by atoms with Crippen LogP contribution in [0.4, 0.5) is 0 Å². The lowest BCUT2D eigenvalue weighted by molar-refractivity contribution is 0.0236. The van der Waals surface area contributed by atoms with Gasteiger partial charge in [0.2, 0.25) is 0 Å². The van der Waals surface area contributed by atoms with E-state index in [1.807, 2.05) is 0 Å². The molecule has 1 aliphatic carbocycles. The van der Waals surface area contributed by atoms with Crippen LogP contribution in [-0.2, 0) is 4.74 Å². The van der Waals surface area contributed by atoms with Crippen LogP contribution >= 0.6 is 0 Å². The number of nitrogens with one attached hydrogen (secondary N) is 1. The first-order valence-corrected chi connectivity index (χ1v) is 7.17. The highest BCUT2D eigenvalue weighted by atomic mass is 16.5. The third kappa shape index (κ3) is 7.74. The van der Waals surface area contributed by atoms with E-state index >= 15 is 0 Å². The van der Waals surface area contributed by atoms with E-state index in [9.17, 15) is 5.11 Å². The second-order valence-corrected chi connectivity index (χ2v) is 5.58. The Morgan fingerprint density at radius 3 is 2.65 bits per heavy atom. The van der Waals surface area contributed by atoms with Crippen molar-refractivity contribution in [1.29, 1.82) is 0 Å². The van der Waals surface area contributed by atoms with Crippen molar-refractivity contribution in [2.45, 2.75) is 64.5 Å². The molecule has 0 spiro atoms. The average Bonchev–Trinajstić information content (AvgIpc) is 2.75. The second-order valence-electron chi connectivity index (χ2n) is 5.58. The Balaban J connectivity index is 1.87. The van der Waals surface area contributed by atoms with Crippen LogP contribution in [0.25, 0.3) is 0 Å². The Labute approximate surface area is 106 Å². The van der Waals surface area contributed by atoms with E-state index in [1.54, 1.807) is 0 Å². The van der Waals surface area contributed by atoms with Crippen molar-refractivity contribution in [1.82, 2.24) is 5.32 Å². The average molecular weight is 243 g/mol. The zero-order valence-corrected chi connectivity index (χ0v) is 11.5. The topological polar surface area (TPSA) is 41.5 Å². The van der Waals surface area contributed by atoms with Gasteiger partial charge < -0.3 is 15.2 Å². The maximum atomic E-state index is 9.81. The van der Waals surface area contributed by atoms with Crippen molar-refractivity contribution >= 4 is 0 Å². The highest BCUT2D eigenvalue weighted by molar-refractivity contribution is 4.70. The van der Waals surface area contributed by atoms with Crippen molar-refractivity contribution in [2.24, 2.45) is 5.92 Å². The van der Waals surface area contributed by atoms with Gasteiger partial charge in [0.15, 0.2) is 0 Å². The molecular weight excluding hydrogens is 214 g/mol. The Morgan fingerprint density at radius 1 is 1.29 bits per heavy atom.